The highest BCUT2D eigenvalue weighted by atomic mass is 16.5. The number of benzene rings is 1. The van der Waals surface area contributed by atoms with Gasteiger partial charge in [-0.25, -0.2) is 0 Å². The standard InChI is InChI=1S/C19H22N2O2/c1-12(2)17(18-13(3)7-6-10-20-18)21-19(22)16-11-14-8-4-5-9-15(14)23-16/h4-10,12,16-17H,11H2,1-3H3,(H,21,22)/t16-,17-/m1/s1. The van der Waals surface area contributed by atoms with Gasteiger partial charge in [-0.3, -0.25) is 9.78 Å². The van der Waals surface area contributed by atoms with E-state index in [1.54, 1.807) is 6.20 Å². The predicted molar refractivity (Wildman–Crippen MR) is 89.3 cm³/mol. The van der Waals surface area contributed by atoms with E-state index in [1.165, 1.54) is 0 Å². The molecule has 2 atom stereocenters. The molecule has 4 heteroatoms. The molecular weight excluding hydrogens is 288 g/mol. The zero-order chi connectivity index (χ0) is 16.4. The molecule has 0 saturated carbocycles. The Hall–Kier alpha value is -2.36. The molecule has 1 aliphatic heterocycles. The topological polar surface area (TPSA) is 51.2 Å². The van der Waals surface area contributed by atoms with Gasteiger partial charge in [-0.2, -0.15) is 0 Å². The lowest BCUT2D eigenvalue weighted by Gasteiger charge is -2.24. The fraction of sp³-hybridized carbons (Fsp3) is 0.368. The van der Waals surface area contributed by atoms with E-state index in [1.807, 2.05) is 43.3 Å². The number of nitrogens with one attached hydrogen (secondary N) is 1. The van der Waals surface area contributed by atoms with E-state index >= 15 is 0 Å². The van der Waals surface area contributed by atoms with Crippen LogP contribution in [0, 0.1) is 12.8 Å². The lowest BCUT2D eigenvalue weighted by Crippen LogP contribution is -2.41. The number of carbonyl (C=O) groups excluding carboxylic acids is 1. The first-order valence-electron chi connectivity index (χ1n) is 8.02. The van der Waals surface area contributed by atoms with Gasteiger partial charge in [-0.15, -0.1) is 0 Å². The second kappa shape index (κ2) is 6.41. The molecule has 0 fully saturated rings. The summed E-state index contributed by atoms with van der Waals surface area (Å²) in [5.41, 5.74) is 3.09. The van der Waals surface area contributed by atoms with E-state index in [0.29, 0.717) is 6.42 Å². The van der Waals surface area contributed by atoms with Gasteiger partial charge in [-0.05, 0) is 36.1 Å². The van der Waals surface area contributed by atoms with E-state index in [9.17, 15) is 4.79 Å². The minimum absolute atomic E-state index is 0.0787. The van der Waals surface area contributed by atoms with Gasteiger partial charge in [0.15, 0.2) is 6.10 Å². The molecule has 0 aliphatic carbocycles. The SMILES string of the molecule is Cc1cccnc1[C@H](NC(=O)[C@H]1Cc2ccccc2O1)C(C)C. The number of aromatic nitrogens is 1. The van der Waals surface area contributed by atoms with Crippen molar-refractivity contribution in [1.29, 1.82) is 0 Å². The number of para-hydroxylation sites is 1. The molecule has 1 N–H and O–H groups in total. The maximum absolute atomic E-state index is 12.6. The molecule has 1 amide bonds. The quantitative estimate of drug-likeness (QED) is 0.943. The fourth-order valence-corrected chi connectivity index (χ4v) is 2.95. The van der Waals surface area contributed by atoms with Crippen molar-refractivity contribution in [2.75, 3.05) is 0 Å². The number of hydrogen-bond acceptors (Lipinski definition) is 3. The van der Waals surface area contributed by atoms with Crippen molar-refractivity contribution < 1.29 is 9.53 Å². The first kappa shape index (κ1) is 15.5. The second-order valence-corrected chi connectivity index (χ2v) is 6.35. The molecule has 0 radical (unpaired) electrons. The van der Waals surface area contributed by atoms with E-state index in [2.05, 4.69) is 24.1 Å². The molecule has 120 valence electrons. The summed E-state index contributed by atoms with van der Waals surface area (Å²) >= 11 is 0. The van der Waals surface area contributed by atoms with Gasteiger partial charge < -0.3 is 10.1 Å². The van der Waals surface area contributed by atoms with Crippen molar-refractivity contribution in [2.24, 2.45) is 5.92 Å². The lowest BCUT2D eigenvalue weighted by atomic mass is 9.97. The van der Waals surface area contributed by atoms with Crippen LogP contribution in [-0.4, -0.2) is 17.0 Å². The smallest absolute Gasteiger partial charge is 0.261 e. The number of fused-ring (bicyclic) bond motifs is 1. The van der Waals surface area contributed by atoms with E-state index in [4.69, 9.17) is 4.74 Å². The molecule has 1 aromatic carbocycles. The van der Waals surface area contributed by atoms with Crippen molar-refractivity contribution in [2.45, 2.75) is 39.3 Å². The molecule has 0 spiro atoms. The minimum atomic E-state index is -0.460. The molecule has 1 aliphatic rings. The van der Waals surface area contributed by atoms with Crippen LogP contribution in [0.4, 0.5) is 0 Å². The van der Waals surface area contributed by atoms with Crippen LogP contribution in [0.15, 0.2) is 42.6 Å². The molecule has 1 aromatic heterocycles. The molecule has 23 heavy (non-hydrogen) atoms. The Labute approximate surface area is 136 Å². The third-order valence-electron chi connectivity index (χ3n) is 4.25. The van der Waals surface area contributed by atoms with Gasteiger partial charge in [0, 0.05) is 12.6 Å². The summed E-state index contributed by atoms with van der Waals surface area (Å²) in [6.07, 6.45) is 1.93. The zero-order valence-electron chi connectivity index (χ0n) is 13.7. The highest BCUT2D eigenvalue weighted by Crippen LogP contribution is 2.29. The Morgan fingerprint density at radius 1 is 1.26 bits per heavy atom. The molecule has 3 rings (SSSR count). The highest BCUT2D eigenvalue weighted by molar-refractivity contribution is 5.83. The maximum atomic E-state index is 12.6. The summed E-state index contributed by atoms with van der Waals surface area (Å²) in [7, 11) is 0. The summed E-state index contributed by atoms with van der Waals surface area (Å²) in [6, 6.07) is 11.6. The Kier molecular flexibility index (Phi) is 4.33. The first-order valence-corrected chi connectivity index (χ1v) is 8.02. The molecule has 2 aromatic rings. The summed E-state index contributed by atoms with van der Waals surface area (Å²) in [5.74, 6) is 0.976. The number of pyridine rings is 1. The predicted octanol–water partition coefficient (Wildman–Crippen LogP) is 3.21. The van der Waals surface area contributed by atoms with Crippen LogP contribution in [-0.2, 0) is 11.2 Å². The molecule has 4 nitrogen and oxygen atoms in total. The van der Waals surface area contributed by atoms with Gasteiger partial charge in [0.25, 0.3) is 5.91 Å². The van der Waals surface area contributed by atoms with Crippen molar-refractivity contribution in [1.82, 2.24) is 10.3 Å². The number of ether oxygens (including phenoxy) is 1. The number of amides is 1. The minimum Gasteiger partial charge on any atom is -0.480 e. The molecule has 0 unspecified atom stereocenters. The number of nitrogens with zero attached hydrogens (tertiary/aromatic N) is 1. The van der Waals surface area contributed by atoms with Crippen LogP contribution < -0.4 is 10.1 Å². The van der Waals surface area contributed by atoms with Crippen molar-refractivity contribution in [3.05, 3.63) is 59.4 Å². The van der Waals surface area contributed by atoms with Gasteiger partial charge >= 0.3 is 0 Å². The van der Waals surface area contributed by atoms with Crippen LogP contribution in [0.3, 0.4) is 0 Å². The summed E-state index contributed by atoms with van der Waals surface area (Å²) in [4.78, 5) is 17.1. The van der Waals surface area contributed by atoms with Gasteiger partial charge in [0.05, 0.1) is 11.7 Å². The van der Waals surface area contributed by atoms with Crippen molar-refractivity contribution >= 4 is 5.91 Å². The zero-order valence-corrected chi connectivity index (χ0v) is 13.7. The van der Waals surface area contributed by atoms with E-state index in [-0.39, 0.29) is 17.9 Å². The van der Waals surface area contributed by atoms with Crippen LogP contribution >= 0.6 is 0 Å². The molecule has 0 saturated heterocycles. The highest BCUT2D eigenvalue weighted by Gasteiger charge is 2.31. The van der Waals surface area contributed by atoms with Gasteiger partial charge in [0.1, 0.15) is 5.75 Å². The average molecular weight is 310 g/mol. The summed E-state index contributed by atoms with van der Waals surface area (Å²) in [5, 5.41) is 3.12. The Bertz CT molecular complexity index is 687. The van der Waals surface area contributed by atoms with Crippen LogP contribution in [0.5, 0.6) is 5.75 Å². The Morgan fingerprint density at radius 2 is 2.04 bits per heavy atom. The number of aryl methyl sites for hydroxylation is 1. The summed E-state index contributed by atoms with van der Waals surface area (Å²) < 4.78 is 5.78. The fourth-order valence-electron chi connectivity index (χ4n) is 2.95. The Balaban J connectivity index is 1.75. The van der Waals surface area contributed by atoms with E-state index in [0.717, 1.165) is 22.6 Å². The average Bonchev–Trinajstić information content (AvgIpc) is 2.97. The number of carbonyl (C=O) groups is 1. The van der Waals surface area contributed by atoms with Crippen molar-refractivity contribution in [3.63, 3.8) is 0 Å². The molecule has 0 bridgehead atoms. The van der Waals surface area contributed by atoms with Crippen LogP contribution in [0.2, 0.25) is 0 Å². The third-order valence-corrected chi connectivity index (χ3v) is 4.25. The molecular formula is C19H22N2O2. The first-order chi connectivity index (χ1) is 11.1. The van der Waals surface area contributed by atoms with Crippen LogP contribution in [0.1, 0.15) is 36.7 Å². The van der Waals surface area contributed by atoms with E-state index < -0.39 is 6.10 Å². The maximum Gasteiger partial charge on any atom is 0.261 e. The van der Waals surface area contributed by atoms with Gasteiger partial charge in [0.2, 0.25) is 0 Å². The normalized spacial score (nSPS) is 17.5. The monoisotopic (exact) mass is 310 g/mol. The van der Waals surface area contributed by atoms with Gasteiger partial charge in [-0.1, -0.05) is 38.1 Å². The summed E-state index contributed by atoms with van der Waals surface area (Å²) in [6.45, 7) is 6.19. The molecule has 2 heterocycles. The second-order valence-electron chi connectivity index (χ2n) is 6.35. The van der Waals surface area contributed by atoms with Crippen molar-refractivity contribution in [3.8, 4) is 5.75 Å². The number of hydrogen-bond donors (Lipinski definition) is 1. The van der Waals surface area contributed by atoms with Crippen LogP contribution in [0.25, 0.3) is 0 Å². The number of rotatable bonds is 4. The lowest BCUT2D eigenvalue weighted by molar-refractivity contribution is -0.128. The third kappa shape index (κ3) is 3.21. The Morgan fingerprint density at radius 3 is 2.74 bits per heavy atom. The largest absolute Gasteiger partial charge is 0.480 e.